The molecule has 3 aliphatic heterocycles. The van der Waals surface area contributed by atoms with Crippen molar-refractivity contribution in [2.45, 2.75) is 38.8 Å². The predicted molar refractivity (Wildman–Crippen MR) is 118 cm³/mol. The maximum atomic E-state index is 13.0. The summed E-state index contributed by atoms with van der Waals surface area (Å²) in [4.78, 5) is 31.8. The van der Waals surface area contributed by atoms with Crippen molar-refractivity contribution in [2.24, 2.45) is 5.92 Å². The van der Waals surface area contributed by atoms with Gasteiger partial charge in [-0.25, -0.2) is 0 Å². The van der Waals surface area contributed by atoms with Gasteiger partial charge in [0.15, 0.2) is 0 Å². The minimum atomic E-state index is -0.0866. The largest absolute Gasteiger partial charge is 0.489 e. The van der Waals surface area contributed by atoms with Gasteiger partial charge < -0.3 is 19.3 Å². The summed E-state index contributed by atoms with van der Waals surface area (Å²) in [6, 6.07) is 5.70. The molecular formula is C23H32ClN3O4. The normalized spacial score (nSPS) is 24.8. The third-order valence-electron chi connectivity index (χ3n) is 6.35. The van der Waals surface area contributed by atoms with Crippen LogP contribution in [0.25, 0.3) is 0 Å². The Morgan fingerprint density at radius 1 is 1.13 bits per heavy atom. The average molecular weight is 450 g/mol. The van der Waals surface area contributed by atoms with E-state index in [1.165, 1.54) is 0 Å². The fourth-order valence-electron chi connectivity index (χ4n) is 4.74. The third kappa shape index (κ3) is 5.70. The fraction of sp³-hybridized carbons (Fsp3) is 0.652. The van der Waals surface area contributed by atoms with Crippen molar-refractivity contribution >= 4 is 23.4 Å². The lowest BCUT2D eigenvalue weighted by Gasteiger charge is -2.36. The van der Waals surface area contributed by atoms with Crippen LogP contribution in [-0.2, 0) is 20.9 Å². The maximum absolute atomic E-state index is 13.0. The van der Waals surface area contributed by atoms with Gasteiger partial charge in [-0.05, 0) is 38.0 Å². The van der Waals surface area contributed by atoms with Crippen LogP contribution in [-0.4, -0.2) is 85.1 Å². The number of piperidine rings is 1. The summed E-state index contributed by atoms with van der Waals surface area (Å²) >= 11 is 6.17. The summed E-state index contributed by atoms with van der Waals surface area (Å²) < 4.78 is 11.4. The number of hydrogen-bond acceptors (Lipinski definition) is 5. The third-order valence-corrected chi connectivity index (χ3v) is 6.58. The molecule has 7 nitrogen and oxygen atoms in total. The molecule has 2 atom stereocenters. The molecule has 8 heteroatoms. The van der Waals surface area contributed by atoms with Gasteiger partial charge in [-0.15, -0.1) is 0 Å². The highest BCUT2D eigenvalue weighted by Crippen LogP contribution is 2.28. The number of carbonyl (C=O) groups excluding carboxylic acids is 2. The Morgan fingerprint density at radius 3 is 2.74 bits per heavy atom. The van der Waals surface area contributed by atoms with Crippen LogP contribution in [0.5, 0.6) is 5.75 Å². The molecule has 2 amide bonds. The molecule has 2 unspecified atom stereocenters. The van der Waals surface area contributed by atoms with Crippen molar-refractivity contribution in [1.29, 1.82) is 0 Å². The van der Waals surface area contributed by atoms with E-state index in [1.807, 2.05) is 34.9 Å². The number of halogens is 1. The molecule has 0 spiro atoms. The standard InChI is InChI=1S/C23H32ClN3O4/c1-17-14-25(15-19-13-20(24)4-5-21(19)31-17)8-6-22(28)27-7-2-3-18(16-27)23(29)26-9-11-30-12-10-26/h4-5,13,17-18H,2-3,6-12,14-16H2,1H3. The molecule has 3 heterocycles. The molecule has 0 bridgehead atoms. The summed E-state index contributed by atoms with van der Waals surface area (Å²) in [7, 11) is 0. The van der Waals surface area contributed by atoms with E-state index in [9.17, 15) is 9.59 Å². The van der Waals surface area contributed by atoms with Crippen LogP contribution in [0, 0.1) is 5.92 Å². The zero-order valence-electron chi connectivity index (χ0n) is 18.2. The molecule has 0 aromatic heterocycles. The SMILES string of the molecule is CC1CN(CCC(=O)N2CCCC(C(=O)N3CCOCC3)C2)Cc2cc(Cl)ccc2O1. The van der Waals surface area contributed by atoms with E-state index < -0.39 is 0 Å². The zero-order chi connectivity index (χ0) is 21.8. The van der Waals surface area contributed by atoms with Gasteiger partial charge in [-0.1, -0.05) is 11.6 Å². The van der Waals surface area contributed by atoms with Crippen molar-refractivity contribution in [1.82, 2.24) is 14.7 Å². The van der Waals surface area contributed by atoms with Crippen molar-refractivity contribution in [3.05, 3.63) is 28.8 Å². The Kier molecular flexibility index (Phi) is 7.35. The van der Waals surface area contributed by atoms with Gasteiger partial charge in [0.25, 0.3) is 0 Å². The lowest BCUT2D eigenvalue weighted by molar-refractivity contribution is -0.144. The number of fused-ring (bicyclic) bond motifs is 1. The van der Waals surface area contributed by atoms with E-state index in [4.69, 9.17) is 21.1 Å². The topological polar surface area (TPSA) is 62.3 Å². The first kappa shape index (κ1) is 22.4. The highest BCUT2D eigenvalue weighted by atomic mass is 35.5. The second-order valence-electron chi connectivity index (χ2n) is 8.78. The Hall–Kier alpha value is -1.83. The van der Waals surface area contributed by atoms with E-state index in [0.29, 0.717) is 57.4 Å². The molecule has 0 radical (unpaired) electrons. The van der Waals surface area contributed by atoms with Crippen LogP contribution >= 0.6 is 11.6 Å². The molecular weight excluding hydrogens is 418 g/mol. The lowest BCUT2D eigenvalue weighted by atomic mass is 9.96. The predicted octanol–water partition coefficient (Wildman–Crippen LogP) is 2.41. The van der Waals surface area contributed by atoms with Crippen molar-refractivity contribution in [2.75, 3.05) is 52.5 Å². The van der Waals surface area contributed by atoms with Crippen LogP contribution in [0.4, 0.5) is 0 Å². The molecule has 1 aromatic rings. The fourth-order valence-corrected chi connectivity index (χ4v) is 4.93. The quantitative estimate of drug-likeness (QED) is 0.706. The molecule has 0 N–H and O–H groups in total. The summed E-state index contributed by atoms with van der Waals surface area (Å²) in [5.41, 5.74) is 1.05. The summed E-state index contributed by atoms with van der Waals surface area (Å²) in [5, 5.41) is 0.692. The van der Waals surface area contributed by atoms with E-state index in [0.717, 1.165) is 37.2 Å². The van der Waals surface area contributed by atoms with Gasteiger partial charge in [0.2, 0.25) is 11.8 Å². The molecule has 2 saturated heterocycles. The summed E-state index contributed by atoms with van der Waals surface area (Å²) in [6.07, 6.45) is 2.23. The number of likely N-dealkylation sites (tertiary alicyclic amines) is 1. The van der Waals surface area contributed by atoms with Crippen molar-refractivity contribution in [3.8, 4) is 5.75 Å². The summed E-state index contributed by atoms with van der Waals surface area (Å²) in [6.45, 7) is 7.98. The average Bonchev–Trinajstić information content (AvgIpc) is 2.94. The Balaban J connectivity index is 1.31. The molecule has 2 fully saturated rings. The number of hydrogen-bond donors (Lipinski definition) is 0. The number of carbonyl (C=O) groups is 2. The molecule has 1 aromatic carbocycles. The Morgan fingerprint density at radius 2 is 1.94 bits per heavy atom. The van der Waals surface area contributed by atoms with Crippen LogP contribution < -0.4 is 4.74 Å². The monoisotopic (exact) mass is 449 g/mol. The van der Waals surface area contributed by atoms with Crippen LogP contribution in [0.1, 0.15) is 31.7 Å². The van der Waals surface area contributed by atoms with Gasteiger partial charge in [0, 0.05) is 62.8 Å². The van der Waals surface area contributed by atoms with E-state index in [2.05, 4.69) is 4.90 Å². The highest BCUT2D eigenvalue weighted by molar-refractivity contribution is 6.30. The van der Waals surface area contributed by atoms with Gasteiger partial charge in [0.05, 0.1) is 19.1 Å². The minimum absolute atomic E-state index is 0.0445. The molecule has 0 saturated carbocycles. The van der Waals surface area contributed by atoms with E-state index >= 15 is 0 Å². The Labute approximate surface area is 189 Å². The van der Waals surface area contributed by atoms with Crippen molar-refractivity contribution in [3.63, 3.8) is 0 Å². The highest BCUT2D eigenvalue weighted by Gasteiger charge is 2.32. The first-order chi connectivity index (χ1) is 15.0. The van der Waals surface area contributed by atoms with Crippen LogP contribution in [0.3, 0.4) is 0 Å². The second kappa shape index (κ2) is 10.2. The number of rotatable bonds is 4. The maximum Gasteiger partial charge on any atom is 0.227 e. The van der Waals surface area contributed by atoms with E-state index in [-0.39, 0.29) is 23.8 Å². The number of morpholine rings is 1. The number of ether oxygens (including phenoxy) is 2. The molecule has 0 aliphatic carbocycles. The van der Waals surface area contributed by atoms with Gasteiger partial charge in [0.1, 0.15) is 11.9 Å². The first-order valence-corrected chi connectivity index (χ1v) is 11.7. The molecule has 3 aliphatic rings. The molecule has 31 heavy (non-hydrogen) atoms. The minimum Gasteiger partial charge on any atom is -0.489 e. The van der Waals surface area contributed by atoms with Crippen LogP contribution in [0.2, 0.25) is 5.02 Å². The van der Waals surface area contributed by atoms with E-state index in [1.54, 1.807) is 0 Å². The number of amides is 2. The Bertz CT molecular complexity index is 799. The molecule has 4 rings (SSSR count). The van der Waals surface area contributed by atoms with Gasteiger partial charge in [-0.3, -0.25) is 14.5 Å². The van der Waals surface area contributed by atoms with Crippen molar-refractivity contribution < 1.29 is 19.1 Å². The first-order valence-electron chi connectivity index (χ1n) is 11.3. The van der Waals surface area contributed by atoms with Crippen LogP contribution in [0.15, 0.2) is 18.2 Å². The summed E-state index contributed by atoms with van der Waals surface area (Å²) in [5.74, 6) is 1.08. The smallest absolute Gasteiger partial charge is 0.227 e. The zero-order valence-corrected chi connectivity index (χ0v) is 19.0. The number of nitrogens with zero attached hydrogens (tertiary/aromatic N) is 3. The van der Waals surface area contributed by atoms with Gasteiger partial charge in [-0.2, -0.15) is 0 Å². The second-order valence-corrected chi connectivity index (χ2v) is 9.22. The molecule has 170 valence electrons. The number of benzene rings is 1. The lowest BCUT2D eigenvalue weighted by Crippen LogP contribution is -2.49. The van der Waals surface area contributed by atoms with Gasteiger partial charge >= 0.3 is 0 Å².